The normalized spacial score (nSPS) is 13.8. The molecule has 1 aliphatic rings. The monoisotopic (exact) mass is 247 g/mol. The van der Waals surface area contributed by atoms with Crippen LogP contribution in [0, 0.1) is 11.3 Å². The Labute approximate surface area is 105 Å². The van der Waals surface area contributed by atoms with Gasteiger partial charge < -0.3 is 15.3 Å². The van der Waals surface area contributed by atoms with E-state index in [-0.39, 0.29) is 6.03 Å². The molecule has 18 heavy (non-hydrogen) atoms. The molecule has 1 aromatic carbocycles. The van der Waals surface area contributed by atoms with Crippen LogP contribution in [-0.2, 0) is 0 Å². The number of nitrogens with zero attached hydrogens (tertiary/aromatic N) is 2. The first-order valence-electron chi connectivity index (χ1n) is 5.67. The van der Waals surface area contributed by atoms with Crippen molar-refractivity contribution in [2.24, 2.45) is 0 Å². The van der Waals surface area contributed by atoms with E-state index in [1.54, 1.807) is 23.1 Å². The maximum absolute atomic E-state index is 11.7. The SMILES string of the molecule is CCOc1c(C#[N+][O-])cccc1N1CCNC1=O. The Morgan fingerprint density at radius 1 is 1.61 bits per heavy atom. The maximum Gasteiger partial charge on any atom is 0.340 e. The Morgan fingerprint density at radius 2 is 2.44 bits per heavy atom. The molecule has 0 bridgehead atoms. The van der Waals surface area contributed by atoms with E-state index in [4.69, 9.17) is 4.74 Å². The van der Waals surface area contributed by atoms with E-state index in [9.17, 15) is 10.0 Å². The van der Waals surface area contributed by atoms with Gasteiger partial charge in [0.05, 0.1) is 12.3 Å². The summed E-state index contributed by atoms with van der Waals surface area (Å²) < 4.78 is 5.50. The fourth-order valence-corrected chi connectivity index (χ4v) is 1.87. The van der Waals surface area contributed by atoms with Gasteiger partial charge in [0.25, 0.3) is 0 Å². The summed E-state index contributed by atoms with van der Waals surface area (Å²) in [5.41, 5.74) is 1.07. The average molecular weight is 247 g/mol. The smallest absolute Gasteiger partial charge is 0.340 e. The van der Waals surface area contributed by atoms with Gasteiger partial charge in [0.1, 0.15) is 5.56 Å². The standard InChI is InChI=1S/C12H13N3O3/c1-2-18-11-9(8-14-17)4-3-5-10(11)15-7-6-13-12(15)16/h3-5H,2,6-7H2,1H3,(H,13,16). The molecule has 0 unspecified atom stereocenters. The molecular formula is C12H13N3O3. The van der Waals surface area contributed by atoms with Crippen molar-refractivity contribution in [3.05, 3.63) is 34.0 Å². The number of carbonyl (C=O) groups excluding carboxylic acids is 1. The third-order valence-electron chi connectivity index (χ3n) is 2.60. The Kier molecular flexibility index (Phi) is 3.53. The van der Waals surface area contributed by atoms with Crippen molar-refractivity contribution in [3.8, 4) is 11.8 Å². The molecule has 1 heterocycles. The van der Waals surface area contributed by atoms with E-state index >= 15 is 0 Å². The lowest BCUT2D eigenvalue weighted by atomic mass is 10.1. The van der Waals surface area contributed by atoms with Crippen LogP contribution in [-0.4, -0.2) is 25.7 Å². The van der Waals surface area contributed by atoms with Gasteiger partial charge in [0, 0.05) is 18.1 Å². The van der Waals surface area contributed by atoms with Crippen LogP contribution in [0.5, 0.6) is 5.75 Å². The van der Waals surface area contributed by atoms with Crippen LogP contribution in [0.3, 0.4) is 0 Å². The predicted octanol–water partition coefficient (Wildman–Crippen LogP) is 1.79. The van der Waals surface area contributed by atoms with Crippen molar-refractivity contribution in [1.82, 2.24) is 5.32 Å². The van der Waals surface area contributed by atoms with Gasteiger partial charge in [0.15, 0.2) is 5.75 Å². The third kappa shape index (κ3) is 2.15. The van der Waals surface area contributed by atoms with Crippen molar-refractivity contribution < 1.29 is 9.53 Å². The number of urea groups is 1. The lowest BCUT2D eigenvalue weighted by Crippen LogP contribution is -2.28. The molecule has 0 atom stereocenters. The summed E-state index contributed by atoms with van der Waals surface area (Å²) in [6.45, 7) is 3.42. The molecule has 0 aromatic heterocycles. The molecule has 1 saturated heterocycles. The fourth-order valence-electron chi connectivity index (χ4n) is 1.87. The molecule has 6 nitrogen and oxygen atoms in total. The second kappa shape index (κ2) is 5.27. The molecular weight excluding hydrogens is 234 g/mol. The maximum atomic E-state index is 11.7. The second-order valence-corrected chi connectivity index (χ2v) is 3.67. The molecule has 1 N–H and O–H groups in total. The first-order chi connectivity index (χ1) is 8.77. The number of amides is 2. The molecule has 0 saturated carbocycles. The van der Waals surface area contributed by atoms with E-state index in [2.05, 4.69) is 16.4 Å². The van der Waals surface area contributed by atoms with Gasteiger partial charge >= 0.3 is 12.1 Å². The zero-order valence-electron chi connectivity index (χ0n) is 9.97. The lowest BCUT2D eigenvalue weighted by Gasteiger charge is -2.18. The van der Waals surface area contributed by atoms with Crippen molar-refractivity contribution in [3.63, 3.8) is 0 Å². The molecule has 0 aliphatic carbocycles. The number of nitrogens with one attached hydrogen (secondary N) is 1. The summed E-state index contributed by atoms with van der Waals surface area (Å²) in [7, 11) is 0. The van der Waals surface area contributed by atoms with Crippen LogP contribution in [0.2, 0.25) is 0 Å². The van der Waals surface area contributed by atoms with E-state index < -0.39 is 0 Å². The summed E-state index contributed by atoms with van der Waals surface area (Å²) in [6.07, 6.45) is 0. The number of rotatable bonds is 3. The topological polar surface area (TPSA) is 69.0 Å². The summed E-state index contributed by atoms with van der Waals surface area (Å²) in [5.74, 6) is 0.455. The van der Waals surface area contributed by atoms with Crippen LogP contribution in [0.15, 0.2) is 18.2 Å². The first kappa shape index (κ1) is 12.0. The molecule has 2 amide bonds. The minimum atomic E-state index is -0.174. The Hall–Kier alpha value is -2.42. The largest absolute Gasteiger partial charge is 0.498 e. The highest BCUT2D eigenvalue weighted by Crippen LogP contribution is 2.32. The summed E-state index contributed by atoms with van der Waals surface area (Å²) >= 11 is 0. The van der Waals surface area contributed by atoms with Crippen LogP contribution in [0.25, 0.3) is 5.01 Å². The highest BCUT2D eigenvalue weighted by molar-refractivity contribution is 5.96. The van der Waals surface area contributed by atoms with Gasteiger partial charge in [-0.25, -0.2) is 4.79 Å². The fraction of sp³-hybridized carbons (Fsp3) is 0.333. The van der Waals surface area contributed by atoms with E-state index in [1.165, 1.54) is 0 Å². The number of carbonyl (C=O) groups is 1. The summed E-state index contributed by atoms with van der Waals surface area (Å²) in [6, 6.07) is 7.33. The van der Waals surface area contributed by atoms with Crippen LogP contribution >= 0.6 is 0 Å². The molecule has 1 aromatic rings. The minimum Gasteiger partial charge on any atom is -0.498 e. The minimum absolute atomic E-state index is 0.174. The number of ether oxygens (including phenoxy) is 1. The number of anilines is 1. The van der Waals surface area contributed by atoms with Gasteiger partial charge in [-0.1, -0.05) is 6.07 Å². The van der Waals surface area contributed by atoms with Crippen molar-refractivity contribution >= 4 is 11.7 Å². The molecule has 2 rings (SSSR count). The highest BCUT2D eigenvalue weighted by Gasteiger charge is 2.26. The number of hydrogen-bond donors (Lipinski definition) is 1. The van der Waals surface area contributed by atoms with E-state index in [0.717, 1.165) is 0 Å². The van der Waals surface area contributed by atoms with Crippen molar-refractivity contribution in [1.29, 1.82) is 0 Å². The molecule has 0 spiro atoms. The van der Waals surface area contributed by atoms with Crippen LogP contribution < -0.4 is 15.0 Å². The third-order valence-corrected chi connectivity index (χ3v) is 2.60. The molecule has 94 valence electrons. The second-order valence-electron chi connectivity index (χ2n) is 3.67. The summed E-state index contributed by atoms with van der Waals surface area (Å²) in [4.78, 5) is 13.2. The first-order valence-corrected chi connectivity index (χ1v) is 5.67. The summed E-state index contributed by atoms with van der Waals surface area (Å²) in [5, 5.41) is 15.7. The quantitative estimate of drug-likeness (QED) is 0.828. The predicted molar refractivity (Wildman–Crippen MR) is 68.1 cm³/mol. The zero-order valence-corrected chi connectivity index (χ0v) is 9.97. The van der Waals surface area contributed by atoms with Crippen LogP contribution in [0.4, 0.5) is 10.5 Å². The Bertz CT molecular complexity index is 519. The zero-order chi connectivity index (χ0) is 13.0. The lowest BCUT2D eigenvalue weighted by molar-refractivity contribution is 0.251. The Balaban J connectivity index is 2.47. The molecule has 1 fully saturated rings. The van der Waals surface area contributed by atoms with E-state index in [0.29, 0.717) is 36.7 Å². The highest BCUT2D eigenvalue weighted by atomic mass is 16.5. The number of hydrogen-bond acceptors (Lipinski definition) is 3. The molecule has 6 heteroatoms. The van der Waals surface area contributed by atoms with Gasteiger partial charge in [0.2, 0.25) is 0 Å². The van der Waals surface area contributed by atoms with Gasteiger partial charge in [-0.15, -0.1) is 0 Å². The number of para-hydroxylation sites is 1. The van der Waals surface area contributed by atoms with Crippen LogP contribution in [0.1, 0.15) is 12.5 Å². The van der Waals surface area contributed by atoms with Gasteiger partial charge in [-0.2, -0.15) is 0 Å². The van der Waals surface area contributed by atoms with Gasteiger partial charge in [-0.3, -0.25) is 4.90 Å². The van der Waals surface area contributed by atoms with Crippen molar-refractivity contribution in [2.45, 2.75) is 6.92 Å². The molecule has 1 aliphatic heterocycles. The number of benzene rings is 1. The van der Waals surface area contributed by atoms with E-state index in [1.807, 2.05) is 6.92 Å². The van der Waals surface area contributed by atoms with Crippen molar-refractivity contribution in [2.75, 3.05) is 24.6 Å². The molecule has 0 radical (unpaired) electrons. The Morgan fingerprint density at radius 3 is 3.06 bits per heavy atom. The average Bonchev–Trinajstić information content (AvgIpc) is 2.78. The van der Waals surface area contributed by atoms with Gasteiger partial charge in [-0.05, 0) is 19.1 Å².